The van der Waals surface area contributed by atoms with E-state index in [1.807, 2.05) is 75.4 Å². The lowest BCUT2D eigenvalue weighted by molar-refractivity contribution is -0.140. The number of hydrogen-bond donors (Lipinski definition) is 1. The van der Waals surface area contributed by atoms with Crippen molar-refractivity contribution in [2.24, 2.45) is 0 Å². The van der Waals surface area contributed by atoms with E-state index < -0.39 is 28.7 Å². The van der Waals surface area contributed by atoms with Gasteiger partial charge in [-0.1, -0.05) is 79.7 Å². The number of carbonyl (C=O) groups is 2. The molecule has 0 fully saturated rings. The SMILES string of the molecule is CC[C@H](C)NC(=O)[C@@H](Cc1ccccc1)N(Cc1ccccc1C)C(=O)CN(c1ccccc1)S(=O)(=O)N(C)C. The summed E-state index contributed by atoms with van der Waals surface area (Å²) in [5, 5.41) is 3.05. The fourth-order valence-electron chi connectivity index (χ4n) is 4.28. The highest BCUT2D eigenvalue weighted by molar-refractivity contribution is 7.90. The first-order valence-electron chi connectivity index (χ1n) is 13.5. The van der Waals surface area contributed by atoms with E-state index in [9.17, 15) is 18.0 Å². The maximum Gasteiger partial charge on any atom is 0.304 e. The van der Waals surface area contributed by atoms with Gasteiger partial charge in [0.2, 0.25) is 11.8 Å². The molecule has 9 heteroatoms. The number of anilines is 1. The van der Waals surface area contributed by atoms with Crippen LogP contribution < -0.4 is 9.62 Å². The van der Waals surface area contributed by atoms with Crippen molar-refractivity contribution in [1.29, 1.82) is 0 Å². The van der Waals surface area contributed by atoms with Crippen LogP contribution in [0.5, 0.6) is 0 Å². The van der Waals surface area contributed by atoms with Crippen LogP contribution in [-0.2, 0) is 32.8 Å². The van der Waals surface area contributed by atoms with Crippen molar-refractivity contribution < 1.29 is 18.0 Å². The second kappa shape index (κ2) is 14.1. The minimum absolute atomic E-state index is 0.0869. The molecule has 0 radical (unpaired) electrons. The van der Waals surface area contributed by atoms with Gasteiger partial charge in [0.1, 0.15) is 12.6 Å². The molecule has 2 amide bonds. The van der Waals surface area contributed by atoms with Crippen LogP contribution in [0.3, 0.4) is 0 Å². The van der Waals surface area contributed by atoms with Crippen molar-refractivity contribution >= 4 is 27.7 Å². The molecular formula is C31H40N4O4S. The monoisotopic (exact) mass is 564 g/mol. The number of carbonyl (C=O) groups excluding carboxylic acids is 2. The van der Waals surface area contributed by atoms with Crippen LogP contribution in [0.15, 0.2) is 84.9 Å². The van der Waals surface area contributed by atoms with E-state index in [1.165, 1.54) is 19.0 Å². The van der Waals surface area contributed by atoms with E-state index in [1.54, 1.807) is 30.3 Å². The van der Waals surface area contributed by atoms with Crippen molar-refractivity contribution in [3.05, 3.63) is 102 Å². The molecular weight excluding hydrogens is 524 g/mol. The molecule has 0 saturated carbocycles. The van der Waals surface area contributed by atoms with Crippen molar-refractivity contribution in [2.75, 3.05) is 24.9 Å². The third-order valence-electron chi connectivity index (χ3n) is 6.94. The molecule has 1 N–H and O–H groups in total. The average molecular weight is 565 g/mol. The summed E-state index contributed by atoms with van der Waals surface area (Å²) in [4.78, 5) is 29.5. The molecule has 0 aromatic heterocycles. The number of aryl methyl sites for hydroxylation is 1. The van der Waals surface area contributed by atoms with Gasteiger partial charge in [-0.15, -0.1) is 0 Å². The predicted molar refractivity (Wildman–Crippen MR) is 160 cm³/mol. The third-order valence-corrected chi connectivity index (χ3v) is 8.76. The van der Waals surface area contributed by atoms with Crippen LogP contribution in [0.2, 0.25) is 0 Å². The largest absolute Gasteiger partial charge is 0.352 e. The van der Waals surface area contributed by atoms with Gasteiger partial charge in [0.25, 0.3) is 0 Å². The minimum atomic E-state index is -4.01. The van der Waals surface area contributed by atoms with Crippen molar-refractivity contribution in [3.63, 3.8) is 0 Å². The molecule has 0 heterocycles. The van der Waals surface area contributed by atoms with Gasteiger partial charge < -0.3 is 10.2 Å². The number of rotatable bonds is 13. The molecule has 3 rings (SSSR count). The van der Waals surface area contributed by atoms with Crippen molar-refractivity contribution in [1.82, 2.24) is 14.5 Å². The topological polar surface area (TPSA) is 90.0 Å². The van der Waals surface area contributed by atoms with Gasteiger partial charge in [-0.3, -0.25) is 9.59 Å². The molecule has 8 nitrogen and oxygen atoms in total. The second-order valence-electron chi connectivity index (χ2n) is 10.1. The first kappa shape index (κ1) is 30.8. The molecule has 0 aliphatic carbocycles. The molecule has 0 unspecified atom stereocenters. The molecule has 0 saturated heterocycles. The number of hydrogen-bond acceptors (Lipinski definition) is 4. The summed E-state index contributed by atoms with van der Waals surface area (Å²) < 4.78 is 28.9. The van der Waals surface area contributed by atoms with E-state index in [0.29, 0.717) is 5.69 Å². The van der Waals surface area contributed by atoms with Crippen molar-refractivity contribution in [3.8, 4) is 0 Å². The van der Waals surface area contributed by atoms with E-state index in [2.05, 4.69) is 5.32 Å². The van der Waals surface area contributed by atoms with Gasteiger partial charge in [0.05, 0.1) is 5.69 Å². The first-order chi connectivity index (χ1) is 19.0. The molecule has 3 aromatic rings. The van der Waals surface area contributed by atoms with E-state index in [-0.39, 0.29) is 24.9 Å². The zero-order valence-corrected chi connectivity index (χ0v) is 24.8. The van der Waals surface area contributed by atoms with Crippen LogP contribution in [0.25, 0.3) is 0 Å². The molecule has 0 bridgehead atoms. The predicted octanol–water partition coefficient (Wildman–Crippen LogP) is 4.16. The van der Waals surface area contributed by atoms with Gasteiger partial charge in [-0.25, -0.2) is 4.31 Å². The highest BCUT2D eigenvalue weighted by Gasteiger charge is 2.35. The number of nitrogens with one attached hydrogen (secondary N) is 1. The highest BCUT2D eigenvalue weighted by Crippen LogP contribution is 2.22. The van der Waals surface area contributed by atoms with Crippen LogP contribution >= 0.6 is 0 Å². The van der Waals surface area contributed by atoms with Gasteiger partial charge in [0, 0.05) is 33.1 Å². The van der Waals surface area contributed by atoms with Crippen LogP contribution in [0, 0.1) is 6.92 Å². The zero-order chi connectivity index (χ0) is 29.3. The molecule has 0 aliphatic heterocycles. The fraction of sp³-hybridized carbons (Fsp3) is 0.355. The minimum Gasteiger partial charge on any atom is -0.352 e. The normalized spacial score (nSPS) is 12.9. The summed E-state index contributed by atoms with van der Waals surface area (Å²) >= 11 is 0. The van der Waals surface area contributed by atoms with Crippen LogP contribution in [-0.4, -0.2) is 62.2 Å². The summed E-state index contributed by atoms with van der Waals surface area (Å²) in [6.07, 6.45) is 1.02. The maximum atomic E-state index is 14.2. The molecule has 214 valence electrons. The maximum absolute atomic E-state index is 14.2. The third kappa shape index (κ3) is 7.92. The van der Waals surface area contributed by atoms with Gasteiger partial charge in [0.15, 0.2) is 0 Å². The Bertz CT molecular complexity index is 1360. The summed E-state index contributed by atoms with van der Waals surface area (Å²) in [7, 11) is -1.15. The van der Waals surface area contributed by atoms with E-state index >= 15 is 0 Å². The smallest absolute Gasteiger partial charge is 0.304 e. The standard InChI is InChI=1S/C31H40N4O4S/c1-6-25(3)32-31(37)29(21-26-16-9-7-10-17-26)34(22-27-18-14-13-15-24(27)2)30(36)23-35(40(38,39)33(4)5)28-19-11-8-12-20-28/h7-20,25,29H,6,21-23H2,1-5H3,(H,32,37)/t25-,29+/m0/s1. The Morgan fingerprint density at radius 1 is 0.875 bits per heavy atom. The Hall–Kier alpha value is -3.69. The first-order valence-corrected chi connectivity index (χ1v) is 14.9. The quantitative estimate of drug-likeness (QED) is 0.338. The number of para-hydroxylation sites is 1. The van der Waals surface area contributed by atoms with E-state index in [4.69, 9.17) is 0 Å². The highest BCUT2D eigenvalue weighted by atomic mass is 32.2. The summed E-state index contributed by atoms with van der Waals surface area (Å²) in [6, 6.07) is 24.8. The Morgan fingerprint density at radius 2 is 1.45 bits per heavy atom. The fourth-order valence-corrected chi connectivity index (χ4v) is 5.33. The lowest BCUT2D eigenvalue weighted by Gasteiger charge is -2.35. The van der Waals surface area contributed by atoms with Gasteiger partial charge in [-0.05, 0) is 49.1 Å². The molecule has 40 heavy (non-hydrogen) atoms. The van der Waals surface area contributed by atoms with Crippen LogP contribution in [0.4, 0.5) is 5.69 Å². The molecule has 0 aliphatic rings. The Balaban J connectivity index is 2.09. The van der Waals surface area contributed by atoms with Crippen LogP contribution in [0.1, 0.15) is 37.0 Å². The number of amides is 2. The summed E-state index contributed by atoms with van der Waals surface area (Å²) in [5.74, 6) is -0.750. The van der Waals surface area contributed by atoms with E-state index in [0.717, 1.165) is 31.7 Å². The summed E-state index contributed by atoms with van der Waals surface area (Å²) in [6.45, 7) is 5.55. The summed E-state index contributed by atoms with van der Waals surface area (Å²) in [5.41, 5.74) is 3.12. The Morgan fingerprint density at radius 3 is 2.02 bits per heavy atom. The zero-order valence-electron chi connectivity index (χ0n) is 23.9. The van der Waals surface area contributed by atoms with Gasteiger partial charge in [-0.2, -0.15) is 12.7 Å². The lowest BCUT2D eigenvalue weighted by atomic mass is 10.0. The van der Waals surface area contributed by atoms with Gasteiger partial charge >= 0.3 is 10.2 Å². The molecule has 3 aromatic carbocycles. The molecule has 2 atom stereocenters. The second-order valence-corrected chi connectivity index (χ2v) is 12.2. The number of nitrogens with zero attached hydrogens (tertiary/aromatic N) is 3. The molecule has 0 spiro atoms. The average Bonchev–Trinajstić information content (AvgIpc) is 2.95. The number of benzene rings is 3. The Kier molecular flexibility index (Phi) is 10.9. The Labute approximate surface area is 238 Å². The van der Waals surface area contributed by atoms with Crippen molar-refractivity contribution in [2.45, 2.75) is 52.2 Å². The lowest BCUT2D eigenvalue weighted by Crippen LogP contribution is -2.55.